The van der Waals surface area contributed by atoms with Gasteiger partial charge in [-0.1, -0.05) is 24.4 Å². The standard InChI is InChI=1S/C17H21NO4S/c1-2-22-17(21)15-13(9-18-14(15)10-23)8-5-11-3-6-12(7-4-11)16(19)20/h3-4,6-7,10,13-15,18H,2,5,8-9H2,1H3,(H,19,20). The van der Waals surface area contributed by atoms with Crippen LogP contribution in [0.5, 0.6) is 0 Å². The number of carboxylic acids is 1. The zero-order valence-corrected chi connectivity index (χ0v) is 13.8. The highest BCUT2D eigenvalue weighted by molar-refractivity contribution is 7.79. The van der Waals surface area contributed by atoms with Gasteiger partial charge in [0, 0.05) is 6.04 Å². The molecule has 124 valence electrons. The van der Waals surface area contributed by atoms with Gasteiger partial charge < -0.3 is 15.2 Å². The van der Waals surface area contributed by atoms with E-state index in [2.05, 4.69) is 5.32 Å². The van der Waals surface area contributed by atoms with Crippen molar-refractivity contribution in [2.45, 2.75) is 25.8 Å². The van der Waals surface area contributed by atoms with Crippen LogP contribution in [0.15, 0.2) is 24.3 Å². The van der Waals surface area contributed by atoms with E-state index in [1.54, 1.807) is 24.4 Å². The van der Waals surface area contributed by atoms with Gasteiger partial charge in [0.1, 0.15) is 0 Å². The molecule has 3 unspecified atom stereocenters. The zero-order valence-electron chi connectivity index (χ0n) is 13.0. The van der Waals surface area contributed by atoms with E-state index in [0.29, 0.717) is 6.61 Å². The molecule has 1 heterocycles. The van der Waals surface area contributed by atoms with Crippen LogP contribution in [0.25, 0.3) is 0 Å². The number of hydrogen-bond acceptors (Lipinski definition) is 5. The number of nitrogens with one attached hydrogen (secondary N) is 1. The minimum atomic E-state index is -0.928. The largest absolute Gasteiger partial charge is 0.478 e. The second-order valence-electron chi connectivity index (χ2n) is 5.65. The van der Waals surface area contributed by atoms with Gasteiger partial charge in [-0.05, 0) is 55.3 Å². The Hall–Kier alpha value is -1.79. The van der Waals surface area contributed by atoms with Crippen LogP contribution in [0, 0.1) is 11.8 Å². The normalized spacial score (nSPS) is 23.4. The van der Waals surface area contributed by atoms with E-state index in [4.69, 9.17) is 22.1 Å². The molecule has 0 bridgehead atoms. The fraction of sp³-hybridized carbons (Fsp3) is 0.471. The predicted molar refractivity (Wildman–Crippen MR) is 90.8 cm³/mol. The zero-order chi connectivity index (χ0) is 16.8. The van der Waals surface area contributed by atoms with E-state index in [0.717, 1.165) is 24.9 Å². The highest BCUT2D eigenvalue weighted by atomic mass is 32.1. The fourth-order valence-electron chi connectivity index (χ4n) is 2.99. The van der Waals surface area contributed by atoms with Crippen LogP contribution < -0.4 is 5.32 Å². The van der Waals surface area contributed by atoms with E-state index in [1.807, 2.05) is 12.1 Å². The number of thiocarbonyl (C=S) groups is 1. The maximum absolute atomic E-state index is 12.2. The number of rotatable bonds is 7. The summed E-state index contributed by atoms with van der Waals surface area (Å²) in [5, 5.41) is 13.8. The lowest BCUT2D eigenvalue weighted by Crippen LogP contribution is -2.35. The minimum absolute atomic E-state index is 0.122. The topological polar surface area (TPSA) is 75.6 Å². The molecule has 1 fully saturated rings. The van der Waals surface area contributed by atoms with Crippen molar-refractivity contribution >= 4 is 29.5 Å². The van der Waals surface area contributed by atoms with Gasteiger partial charge in [-0.2, -0.15) is 0 Å². The van der Waals surface area contributed by atoms with Gasteiger partial charge in [0.25, 0.3) is 0 Å². The van der Waals surface area contributed by atoms with Crippen LogP contribution in [-0.4, -0.2) is 41.6 Å². The predicted octanol–water partition coefficient (Wildman–Crippen LogP) is 2.08. The van der Waals surface area contributed by atoms with Crippen molar-refractivity contribution in [2.24, 2.45) is 11.8 Å². The molecular weight excluding hydrogens is 314 g/mol. The monoisotopic (exact) mass is 335 g/mol. The van der Waals surface area contributed by atoms with E-state index < -0.39 is 5.97 Å². The summed E-state index contributed by atoms with van der Waals surface area (Å²) < 4.78 is 5.17. The number of carboxylic acid groups (broad SMARTS) is 1. The second-order valence-corrected chi connectivity index (χ2v) is 5.92. The summed E-state index contributed by atoms with van der Waals surface area (Å²) in [7, 11) is 0. The van der Waals surface area contributed by atoms with Gasteiger partial charge in [0.05, 0.1) is 18.1 Å². The Balaban J connectivity index is 1.99. The number of ether oxygens (including phenoxy) is 1. The second kappa shape index (κ2) is 8.17. The average Bonchev–Trinajstić information content (AvgIpc) is 2.96. The SMILES string of the molecule is CCOC(=O)C1C(CCc2ccc(C(=O)O)cc2)CNC1C=S. The van der Waals surface area contributed by atoms with Crippen molar-refractivity contribution in [1.29, 1.82) is 0 Å². The Morgan fingerprint density at radius 3 is 2.65 bits per heavy atom. The Morgan fingerprint density at radius 2 is 2.09 bits per heavy atom. The summed E-state index contributed by atoms with van der Waals surface area (Å²) in [5.74, 6) is -1.21. The van der Waals surface area contributed by atoms with Crippen LogP contribution in [0.4, 0.5) is 0 Å². The molecule has 0 spiro atoms. The Kier molecular flexibility index (Phi) is 6.24. The number of carbonyl (C=O) groups excluding carboxylic acids is 1. The van der Waals surface area contributed by atoms with Crippen molar-refractivity contribution < 1.29 is 19.4 Å². The minimum Gasteiger partial charge on any atom is -0.478 e. The van der Waals surface area contributed by atoms with Crippen LogP contribution in [0.1, 0.15) is 29.3 Å². The molecule has 1 aromatic carbocycles. The van der Waals surface area contributed by atoms with E-state index in [1.165, 1.54) is 0 Å². The third kappa shape index (κ3) is 4.36. The quantitative estimate of drug-likeness (QED) is 0.587. The first kappa shape index (κ1) is 17.6. The molecule has 0 radical (unpaired) electrons. The number of hydrogen-bond donors (Lipinski definition) is 2. The third-order valence-corrected chi connectivity index (χ3v) is 4.51. The molecule has 1 aliphatic heterocycles. The first-order valence-electron chi connectivity index (χ1n) is 7.74. The summed E-state index contributed by atoms with van der Waals surface area (Å²) in [6.45, 7) is 2.89. The summed E-state index contributed by atoms with van der Waals surface area (Å²) in [6, 6.07) is 6.73. The number of esters is 1. The number of carbonyl (C=O) groups is 2. The maximum Gasteiger partial charge on any atom is 0.335 e. The van der Waals surface area contributed by atoms with Gasteiger partial charge in [-0.25, -0.2) is 4.79 Å². The fourth-order valence-corrected chi connectivity index (χ4v) is 3.26. The van der Waals surface area contributed by atoms with Crippen molar-refractivity contribution in [3.63, 3.8) is 0 Å². The molecule has 0 saturated carbocycles. The van der Waals surface area contributed by atoms with Crippen molar-refractivity contribution in [2.75, 3.05) is 13.2 Å². The van der Waals surface area contributed by atoms with Crippen molar-refractivity contribution in [1.82, 2.24) is 5.32 Å². The Bertz CT molecular complexity index is 572. The van der Waals surface area contributed by atoms with E-state index >= 15 is 0 Å². The molecule has 2 rings (SSSR count). The van der Waals surface area contributed by atoms with Crippen LogP contribution >= 0.6 is 12.2 Å². The summed E-state index contributed by atoms with van der Waals surface area (Å²) in [5.41, 5.74) is 1.34. The molecule has 3 atom stereocenters. The third-order valence-electron chi connectivity index (χ3n) is 4.22. The highest BCUT2D eigenvalue weighted by Crippen LogP contribution is 2.27. The van der Waals surface area contributed by atoms with Gasteiger partial charge >= 0.3 is 11.9 Å². The molecule has 0 aromatic heterocycles. The Labute approximate surface area is 141 Å². The lowest BCUT2D eigenvalue weighted by atomic mass is 9.86. The van der Waals surface area contributed by atoms with Gasteiger partial charge in [-0.15, -0.1) is 0 Å². The van der Waals surface area contributed by atoms with Crippen LogP contribution in [0.2, 0.25) is 0 Å². The number of aromatic carboxylic acids is 1. The van der Waals surface area contributed by atoms with Crippen molar-refractivity contribution in [3.05, 3.63) is 35.4 Å². The molecule has 5 nitrogen and oxygen atoms in total. The number of aryl methyl sites for hydroxylation is 1. The molecule has 6 heteroatoms. The van der Waals surface area contributed by atoms with E-state index in [9.17, 15) is 9.59 Å². The number of benzene rings is 1. The average molecular weight is 335 g/mol. The van der Waals surface area contributed by atoms with Crippen LogP contribution in [-0.2, 0) is 16.0 Å². The molecule has 2 N–H and O–H groups in total. The summed E-state index contributed by atoms with van der Waals surface area (Å²) >= 11 is 5.01. The summed E-state index contributed by atoms with van der Waals surface area (Å²) in [6.07, 6.45) is 1.61. The first-order chi connectivity index (χ1) is 11.1. The van der Waals surface area contributed by atoms with Crippen molar-refractivity contribution in [3.8, 4) is 0 Å². The van der Waals surface area contributed by atoms with E-state index in [-0.39, 0.29) is 29.4 Å². The summed E-state index contributed by atoms with van der Waals surface area (Å²) in [4.78, 5) is 23.0. The van der Waals surface area contributed by atoms with Crippen LogP contribution in [0.3, 0.4) is 0 Å². The highest BCUT2D eigenvalue weighted by Gasteiger charge is 2.40. The molecule has 1 aromatic rings. The lowest BCUT2D eigenvalue weighted by molar-refractivity contribution is -0.149. The smallest absolute Gasteiger partial charge is 0.335 e. The molecular formula is C17H21NO4S. The molecule has 0 aliphatic carbocycles. The van der Waals surface area contributed by atoms with Gasteiger partial charge in [0.15, 0.2) is 0 Å². The lowest BCUT2D eigenvalue weighted by Gasteiger charge is -2.20. The Morgan fingerprint density at radius 1 is 1.39 bits per heavy atom. The molecule has 1 saturated heterocycles. The molecule has 0 amide bonds. The first-order valence-corrected chi connectivity index (χ1v) is 8.21. The molecule has 23 heavy (non-hydrogen) atoms. The van der Waals surface area contributed by atoms with Gasteiger partial charge in [-0.3, -0.25) is 4.79 Å². The van der Waals surface area contributed by atoms with Gasteiger partial charge in [0.2, 0.25) is 0 Å². The maximum atomic E-state index is 12.2. The molecule has 1 aliphatic rings.